The minimum absolute atomic E-state index is 1.29. The quantitative estimate of drug-likeness (QED) is 0.491. The molecule has 1 heteroatoms. The standard InChI is InChI=1S/C9H13N/c1-4-8-6-7-10(3)9(8)5-2/h4-7H,1-3H3/b8-4-,9-5+. The molecule has 1 rings (SSSR count). The lowest BCUT2D eigenvalue weighted by Crippen LogP contribution is -2.26. The van der Waals surface area contributed by atoms with Crippen molar-refractivity contribution in [2.24, 2.45) is 7.05 Å². The zero-order valence-electron chi connectivity index (χ0n) is 6.76. The first kappa shape index (κ1) is 7.13. The summed E-state index contributed by atoms with van der Waals surface area (Å²) < 4.78 is 2.12. The fourth-order valence-electron chi connectivity index (χ4n) is 1.18. The summed E-state index contributed by atoms with van der Waals surface area (Å²) in [5.74, 6) is 0. The van der Waals surface area contributed by atoms with Crippen molar-refractivity contribution in [3.05, 3.63) is 22.8 Å². The monoisotopic (exact) mass is 135 g/mol. The third kappa shape index (κ3) is 0.991. The van der Waals surface area contributed by atoms with Gasteiger partial charge in [-0.3, -0.25) is 0 Å². The second kappa shape index (κ2) is 2.74. The third-order valence-electron chi connectivity index (χ3n) is 1.74. The highest BCUT2D eigenvalue weighted by Gasteiger charge is 1.85. The molecule has 0 saturated heterocycles. The summed E-state index contributed by atoms with van der Waals surface area (Å²) in [5.41, 5.74) is 0. The Balaban J connectivity index is 3.59. The van der Waals surface area contributed by atoms with E-state index in [1.54, 1.807) is 0 Å². The fraction of sp³-hybridized carbons (Fsp3) is 0.333. The molecule has 0 atom stereocenters. The molecule has 0 bridgehead atoms. The third-order valence-corrected chi connectivity index (χ3v) is 1.74. The highest BCUT2D eigenvalue weighted by Crippen LogP contribution is 1.70. The number of hydrogen-bond donors (Lipinski definition) is 0. The van der Waals surface area contributed by atoms with Gasteiger partial charge < -0.3 is 4.57 Å². The summed E-state index contributed by atoms with van der Waals surface area (Å²) in [6, 6.07) is 2.12. The Labute approximate surface area is 61.3 Å². The second-order valence-corrected chi connectivity index (χ2v) is 2.34. The minimum atomic E-state index is 1.29. The summed E-state index contributed by atoms with van der Waals surface area (Å²) in [6.45, 7) is 4.12. The smallest absolute Gasteiger partial charge is 0.0430 e. The zero-order chi connectivity index (χ0) is 7.56. The summed E-state index contributed by atoms with van der Waals surface area (Å²) in [4.78, 5) is 0. The molecule has 0 saturated carbocycles. The van der Waals surface area contributed by atoms with Crippen molar-refractivity contribution in [3.8, 4) is 0 Å². The highest BCUT2D eigenvalue weighted by atomic mass is 14.9. The number of aromatic nitrogens is 1. The van der Waals surface area contributed by atoms with E-state index < -0.39 is 0 Å². The van der Waals surface area contributed by atoms with Gasteiger partial charge in [0.25, 0.3) is 0 Å². The van der Waals surface area contributed by atoms with Crippen LogP contribution in [0.25, 0.3) is 12.2 Å². The molecule has 0 radical (unpaired) electrons. The first-order chi connectivity index (χ1) is 4.79. The molecule has 0 unspecified atom stereocenters. The van der Waals surface area contributed by atoms with Gasteiger partial charge in [-0.2, -0.15) is 0 Å². The van der Waals surface area contributed by atoms with Crippen molar-refractivity contribution in [1.29, 1.82) is 0 Å². The van der Waals surface area contributed by atoms with Gasteiger partial charge in [-0.05, 0) is 25.1 Å². The first-order valence-electron chi connectivity index (χ1n) is 3.53. The van der Waals surface area contributed by atoms with Gasteiger partial charge in [0, 0.05) is 18.6 Å². The van der Waals surface area contributed by atoms with Crippen LogP contribution in [-0.4, -0.2) is 4.57 Å². The second-order valence-electron chi connectivity index (χ2n) is 2.34. The van der Waals surface area contributed by atoms with Crippen LogP contribution in [0.5, 0.6) is 0 Å². The fourth-order valence-corrected chi connectivity index (χ4v) is 1.18. The van der Waals surface area contributed by atoms with Crippen LogP contribution in [0.15, 0.2) is 12.3 Å². The molecule has 1 heterocycles. The van der Waals surface area contributed by atoms with E-state index in [0.717, 1.165) is 0 Å². The molecule has 0 aliphatic rings. The molecule has 1 aromatic rings. The van der Waals surface area contributed by atoms with E-state index in [-0.39, 0.29) is 0 Å². The van der Waals surface area contributed by atoms with Crippen molar-refractivity contribution in [2.75, 3.05) is 0 Å². The Hall–Kier alpha value is -0.980. The van der Waals surface area contributed by atoms with Crippen LogP contribution in [0.2, 0.25) is 0 Å². The van der Waals surface area contributed by atoms with Gasteiger partial charge in [-0.25, -0.2) is 0 Å². The van der Waals surface area contributed by atoms with Gasteiger partial charge in [0.1, 0.15) is 0 Å². The largest absolute Gasteiger partial charge is 0.351 e. The van der Waals surface area contributed by atoms with Gasteiger partial charge >= 0.3 is 0 Å². The van der Waals surface area contributed by atoms with Crippen molar-refractivity contribution in [2.45, 2.75) is 13.8 Å². The van der Waals surface area contributed by atoms with E-state index >= 15 is 0 Å². The first-order valence-corrected chi connectivity index (χ1v) is 3.53. The number of rotatable bonds is 0. The number of nitrogens with zero attached hydrogens (tertiary/aromatic N) is 1. The van der Waals surface area contributed by atoms with Crippen LogP contribution in [-0.2, 0) is 7.05 Å². The summed E-state index contributed by atoms with van der Waals surface area (Å²) in [7, 11) is 2.06. The molecule has 0 fully saturated rings. The van der Waals surface area contributed by atoms with Gasteiger partial charge in [0.15, 0.2) is 0 Å². The predicted molar refractivity (Wildman–Crippen MR) is 44.9 cm³/mol. The van der Waals surface area contributed by atoms with Crippen LogP contribution in [0.4, 0.5) is 0 Å². The molecule has 0 N–H and O–H groups in total. The van der Waals surface area contributed by atoms with Crippen molar-refractivity contribution in [3.63, 3.8) is 0 Å². The lowest BCUT2D eigenvalue weighted by molar-refractivity contribution is 0.887. The molecule has 54 valence electrons. The Morgan fingerprint density at radius 1 is 1.30 bits per heavy atom. The lowest BCUT2D eigenvalue weighted by atomic mass is 10.4. The molecule has 0 amide bonds. The van der Waals surface area contributed by atoms with E-state index in [0.29, 0.717) is 0 Å². The Kier molecular flexibility index (Phi) is 1.95. The molecule has 1 nitrogen and oxygen atoms in total. The molecule has 10 heavy (non-hydrogen) atoms. The van der Waals surface area contributed by atoms with Crippen LogP contribution >= 0.6 is 0 Å². The van der Waals surface area contributed by atoms with Crippen LogP contribution in [0.1, 0.15) is 13.8 Å². The van der Waals surface area contributed by atoms with Gasteiger partial charge in [0.2, 0.25) is 0 Å². The van der Waals surface area contributed by atoms with Gasteiger partial charge in [0.05, 0.1) is 0 Å². The molecular formula is C9H13N. The minimum Gasteiger partial charge on any atom is -0.351 e. The topological polar surface area (TPSA) is 4.93 Å². The van der Waals surface area contributed by atoms with Gasteiger partial charge in [-0.15, -0.1) is 0 Å². The van der Waals surface area contributed by atoms with Crippen LogP contribution < -0.4 is 10.6 Å². The molecule has 0 aliphatic carbocycles. The molecular weight excluding hydrogens is 122 g/mol. The molecule has 0 aliphatic heterocycles. The number of aryl methyl sites for hydroxylation is 1. The van der Waals surface area contributed by atoms with Crippen molar-refractivity contribution < 1.29 is 0 Å². The van der Waals surface area contributed by atoms with E-state index in [9.17, 15) is 0 Å². The predicted octanol–water partition coefficient (Wildman–Crippen LogP) is 0.626. The van der Waals surface area contributed by atoms with E-state index in [1.807, 2.05) is 0 Å². The maximum absolute atomic E-state index is 2.12. The van der Waals surface area contributed by atoms with Crippen LogP contribution in [0.3, 0.4) is 0 Å². The maximum atomic E-state index is 2.12. The maximum Gasteiger partial charge on any atom is 0.0430 e. The average Bonchev–Trinajstić information content (AvgIpc) is 2.30. The summed E-state index contributed by atoms with van der Waals surface area (Å²) in [6.07, 6.45) is 6.31. The number of hydrogen-bond acceptors (Lipinski definition) is 0. The Morgan fingerprint density at radius 2 is 2.00 bits per heavy atom. The van der Waals surface area contributed by atoms with Gasteiger partial charge in [-0.1, -0.05) is 12.2 Å². The Morgan fingerprint density at radius 3 is 2.40 bits per heavy atom. The summed E-state index contributed by atoms with van der Waals surface area (Å²) >= 11 is 0. The zero-order valence-corrected chi connectivity index (χ0v) is 6.76. The van der Waals surface area contributed by atoms with Crippen molar-refractivity contribution in [1.82, 2.24) is 4.57 Å². The van der Waals surface area contributed by atoms with E-state index in [1.165, 1.54) is 10.6 Å². The van der Waals surface area contributed by atoms with Crippen molar-refractivity contribution >= 4 is 12.2 Å². The summed E-state index contributed by atoms with van der Waals surface area (Å²) in [5, 5.41) is 2.60. The highest BCUT2D eigenvalue weighted by molar-refractivity contribution is 5.26. The van der Waals surface area contributed by atoms with E-state index in [4.69, 9.17) is 0 Å². The lowest BCUT2D eigenvalue weighted by Gasteiger charge is -1.87. The SMILES string of the molecule is C/C=c1/ccn(C)/c1=C/C. The van der Waals surface area contributed by atoms with E-state index in [2.05, 4.69) is 49.9 Å². The molecule has 1 aromatic heterocycles. The normalized spacial score (nSPS) is 14.7. The molecule has 0 aromatic carbocycles. The Bertz CT molecular complexity index is 317. The average molecular weight is 135 g/mol. The molecule has 0 spiro atoms. The van der Waals surface area contributed by atoms with Crippen LogP contribution in [0, 0.1) is 0 Å².